The maximum absolute atomic E-state index is 11.9. The monoisotopic (exact) mass is 549 g/mol. The minimum absolute atomic E-state index is 0. The molecule has 0 bridgehead atoms. The van der Waals surface area contributed by atoms with E-state index in [9.17, 15) is 8.42 Å². The largest absolute Gasteiger partial charge is 0.357 e. The summed E-state index contributed by atoms with van der Waals surface area (Å²) >= 11 is 0. The average Bonchev–Trinajstić information content (AvgIpc) is 3.03. The molecule has 2 unspecified atom stereocenters. The maximum atomic E-state index is 11.9. The Hall–Kier alpha value is -0.910. The Morgan fingerprint density at radius 1 is 1.23 bits per heavy atom. The van der Waals surface area contributed by atoms with Gasteiger partial charge in [-0.25, -0.2) is 12.7 Å². The van der Waals surface area contributed by atoms with Crippen LogP contribution in [0.15, 0.2) is 35.3 Å². The summed E-state index contributed by atoms with van der Waals surface area (Å²) in [6.07, 6.45) is 2.86. The number of benzene rings is 1. The third-order valence-corrected chi connectivity index (χ3v) is 7.71. The number of nitrogens with zero attached hydrogens (tertiary/aromatic N) is 3. The van der Waals surface area contributed by atoms with E-state index in [1.54, 1.807) is 4.31 Å². The number of piperidine rings is 1. The highest BCUT2D eigenvalue weighted by Crippen LogP contribution is 2.20. The van der Waals surface area contributed by atoms with Gasteiger partial charge in [-0.15, -0.1) is 24.0 Å². The molecule has 170 valence electrons. The van der Waals surface area contributed by atoms with Gasteiger partial charge in [-0.3, -0.25) is 9.89 Å². The van der Waals surface area contributed by atoms with Gasteiger partial charge in [-0.2, -0.15) is 0 Å². The number of aliphatic imine (C=N–C) groups is 1. The molecule has 2 aliphatic heterocycles. The van der Waals surface area contributed by atoms with Gasteiger partial charge in [-0.1, -0.05) is 30.3 Å². The number of likely N-dealkylation sites (tertiary alicyclic amines) is 1. The van der Waals surface area contributed by atoms with Gasteiger partial charge in [0.15, 0.2) is 5.96 Å². The fraction of sp³-hybridized carbons (Fsp3) is 0.667. The Labute approximate surface area is 198 Å². The van der Waals surface area contributed by atoms with Crippen LogP contribution in [-0.4, -0.2) is 74.1 Å². The van der Waals surface area contributed by atoms with E-state index in [1.165, 1.54) is 5.56 Å². The number of hydrogen-bond acceptors (Lipinski definition) is 4. The first-order valence-corrected chi connectivity index (χ1v) is 12.4. The van der Waals surface area contributed by atoms with E-state index in [0.717, 1.165) is 44.9 Å². The molecule has 3 rings (SSSR count). The van der Waals surface area contributed by atoms with Crippen molar-refractivity contribution in [3.63, 3.8) is 0 Å². The predicted octanol–water partition coefficient (Wildman–Crippen LogP) is 2.25. The predicted molar refractivity (Wildman–Crippen MR) is 134 cm³/mol. The van der Waals surface area contributed by atoms with Crippen molar-refractivity contribution in [3.8, 4) is 0 Å². The van der Waals surface area contributed by atoms with Crippen molar-refractivity contribution in [2.75, 3.05) is 38.5 Å². The molecule has 2 saturated heterocycles. The molecule has 2 N–H and O–H groups in total. The van der Waals surface area contributed by atoms with Crippen molar-refractivity contribution in [2.45, 2.75) is 51.7 Å². The van der Waals surface area contributed by atoms with Crippen LogP contribution in [0.25, 0.3) is 0 Å². The maximum Gasteiger partial charge on any atom is 0.214 e. The highest BCUT2D eigenvalue weighted by molar-refractivity contribution is 14.0. The first-order valence-electron chi connectivity index (χ1n) is 10.8. The lowest BCUT2D eigenvalue weighted by molar-refractivity contribution is 0.134. The molecule has 0 spiro atoms. The molecule has 2 aliphatic rings. The SMILES string of the molecule is CCNC(=NCCN1CCCS1(=O)=O)NC1CCN(Cc2ccccc2)C(C)C1.I. The van der Waals surface area contributed by atoms with Gasteiger partial charge >= 0.3 is 0 Å². The van der Waals surface area contributed by atoms with Gasteiger partial charge in [0.05, 0.1) is 12.3 Å². The molecule has 2 fully saturated rings. The molecule has 1 aromatic carbocycles. The first-order chi connectivity index (χ1) is 14.0. The number of rotatable bonds is 7. The summed E-state index contributed by atoms with van der Waals surface area (Å²) < 4.78 is 25.4. The van der Waals surface area contributed by atoms with Gasteiger partial charge < -0.3 is 10.6 Å². The van der Waals surface area contributed by atoms with E-state index in [1.807, 2.05) is 6.92 Å². The summed E-state index contributed by atoms with van der Waals surface area (Å²) in [5.74, 6) is 1.06. The van der Waals surface area contributed by atoms with Crippen LogP contribution >= 0.6 is 24.0 Å². The van der Waals surface area contributed by atoms with E-state index in [0.29, 0.717) is 31.7 Å². The minimum Gasteiger partial charge on any atom is -0.357 e. The number of sulfonamides is 1. The fourth-order valence-electron chi connectivity index (χ4n) is 4.13. The highest BCUT2D eigenvalue weighted by atomic mass is 127. The van der Waals surface area contributed by atoms with Crippen LogP contribution in [0.1, 0.15) is 38.7 Å². The van der Waals surface area contributed by atoms with Crippen molar-refractivity contribution in [1.82, 2.24) is 19.8 Å². The van der Waals surface area contributed by atoms with Crippen molar-refractivity contribution in [1.29, 1.82) is 0 Å². The molecule has 0 amide bonds. The van der Waals surface area contributed by atoms with Crippen molar-refractivity contribution >= 4 is 40.0 Å². The van der Waals surface area contributed by atoms with Gasteiger partial charge in [0.25, 0.3) is 0 Å². The topological polar surface area (TPSA) is 77.0 Å². The second kappa shape index (κ2) is 12.2. The Bertz CT molecular complexity index is 775. The number of guanidine groups is 1. The van der Waals surface area contributed by atoms with E-state index < -0.39 is 10.0 Å². The van der Waals surface area contributed by atoms with Gasteiger partial charge in [-0.05, 0) is 38.7 Å². The van der Waals surface area contributed by atoms with Crippen LogP contribution in [0.5, 0.6) is 0 Å². The molecule has 0 radical (unpaired) electrons. The Morgan fingerprint density at radius 3 is 2.63 bits per heavy atom. The molecule has 2 heterocycles. The van der Waals surface area contributed by atoms with E-state index in [4.69, 9.17) is 0 Å². The van der Waals surface area contributed by atoms with Crippen molar-refractivity contribution in [2.24, 2.45) is 4.99 Å². The lowest BCUT2D eigenvalue weighted by Crippen LogP contribution is -2.51. The standard InChI is InChI=1S/C21H35N5O2S.HI/c1-3-22-21(23-11-14-26-12-7-15-29(26,27)28)24-20-10-13-25(18(2)16-20)17-19-8-5-4-6-9-19;/h4-6,8-9,18,20H,3,7,10-17H2,1-2H3,(H2,22,23,24);1H. The molecular formula is C21H36IN5O2S. The minimum atomic E-state index is -3.05. The fourth-order valence-corrected chi connectivity index (χ4v) is 5.65. The Morgan fingerprint density at radius 2 is 2.00 bits per heavy atom. The second-order valence-corrected chi connectivity index (χ2v) is 10.1. The third-order valence-electron chi connectivity index (χ3n) is 5.75. The van der Waals surface area contributed by atoms with Crippen LogP contribution < -0.4 is 10.6 Å². The van der Waals surface area contributed by atoms with Crippen LogP contribution in [0.4, 0.5) is 0 Å². The van der Waals surface area contributed by atoms with E-state index in [2.05, 4.69) is 57.8 Å². The summed E-state index contributed by atoms with van der Waals surface area (Å²) in [5, 5.41) is 6.86. The highest BCUT2D eigenvalue weighted by Gasteiger charge is 2.28. The normalized spacial score (nSPS) is 24.9. The number of hydrogen-bond donors (Lipinski definition) is 2. The zero-order chi connectivity index (χ0) is 20.7. The summed E-state index contributed by atoms with van der Waals surface area (Å²) in [4.78, 5) is 7.16. The van der Waals surface area contributed by atoms with Crippen LogP contribution in [0, 0.1) is 0 Å². The number of halogens is 1. The van der Waals surface area contributed by atoms with Crippen LogP contribution in [-0.2, 0) is 16.6 Å². The Kier molecular flexibility index (Phi) is 10.3. The number of nitrogens with one attached hydrogen (secondary N) is 2. The molecule has 1 aromatic rings. The van der Waals surface area contributed by atoms with Crippen LogP contribution in [0.3, 0.4) is 0 Å². The van der Waals surface area contributed by atoms with Crippen molar-refractivity contribution < 1.29 is 8.42 Å². The Balaban J connectivity index is 0.00000320. The molecular weight excluding hydrogens is 513 g/mol. The third kappa shape index (κ3) is 7.35. The van der Waals surface area contributed by atoms with Crippen LogP contribution in [0.2, 0.25) is 0 Å². The summed E-state index contributed by atoms with van der Waals surface area (Å²) in [7, 11) is -3.05. The van der Waals surface area contributed by atoms with Gasteiger partial charge in [0.1, 0.15) is 0 Å². The molecule has 2 atom stereocenters. The smallest absolute Gasteiger partial charge is 0.214 e. The van der Waals surface area contributed by atoms with Crippen molar-refractivity contribution in [3.05, 3.63) is 35.9 Å². The average molecular weight is 550 g/mol. The lowest BCUT2D eigenvalue weighted by atomic mass is 9.97. The second-order valence-electron chi connectivity index (χ2n) is 8.00. The van der Waals surface area contributed by atoms with Gasteiger partial charge in [0.2, 0.25) is 10.0 Å². The van der Waals surface area contributed by atoms with E-state index in [-0.39, 0.29) is 29.7 Å². The zero-order valence-corrected chi connectivity index (χ0v) is 21.2. The zero-order valence-electron chi connectivity index (χ0n) is 18.1. The van der Waals surface area contributed by atoms with Gasteiger partial charge in [0, 0.05) is 44.8 Å². The molecule has 0 saturated carbocycles. The molecule has 0 aliphatic carbocycles. The lowest BCUT2D eigenvalue weighted by Gasteiger charge is -2.38. The summed E-state index contributed by atoms with van der Waals surface area (Å²) in [6, 6.07) is 11.5. The first kappa shape index (κ1) is 25.4. The van der Waals surface area contributed by atoms with E-state index >= 15 is 0 Å². The summed E-state index contributed by atoms with van der Waals surface area (Å²) in [6.45, 7) is 8.75. The molecule has 7 nitrogen and oxygen atoms in total. The molecule has 30 heavy (non-hydrogen) atoms. The summed E-state index contributed by atoms with van der Waals surface area (Å²) in [5.41, 5.74) is 1.36. The molecule has 0 aromatic heterocycles. The quantitative estimate of drug-likeness (QED) is 0.310. The molecule has 9 heteroatoms.